The summed E-state index contributed by atoms with van der Waals surface area (Å²) < 4.78 is 13.4. The summed E-state index contributed by atoms with van der Waals surface area (Å²) in [6.07, 6.45) is 0.992. The van der Waals surface area contributed by atoms with E-state index in [0.717, 1.165) is 5.56 Å². The summed E-state index contributed by atoms with van der Waals surface area (Å²) in [5.41, 5.74) is 2.49. The van der Waals surface area contributed by atoms with Gasteiger partial charge in [-0.05, 0) is 36.6 Å². The summed E-state index contributed by atoms with van der Waals surface area (Å²) in [5.74, 6) is -0.580. The van der Waals surface area contributed by atoms with Crippen molar-refractivity contribution >= 4 is 5.78 Å². The predicted molar refractivity (Wildman–Crippen MR) is 70.2 cm³/mol. The molecule has 0 bridgehead atoms. The van der Waals surface area contributed by atoms with Crippen LogP contribution >= 0.6 is 0 Å². The number of hydrogen-bond acceptors (Lipinski definition) is 1. The molecule has 0 saturated carbocycles. The minimum atomic E-state index is -0.438. The average Bonchev–Trinajstić information content (AvgIpc) is 2.38. The molecule has 0 saturated heterocycles. The number of carbonyl (C=O) groups is 1. The Hall–Kier alpha value is -1.96. The van der Waals surface area contributed by atoms with Gasteiger partial charge < -0.3 is 0 Å². The van der Waals surface area contributed by atoms with Crippen LogP contribution in [0.25, 0.3) is 0 Å². The van der Waals surface area contributed by atoms with Crippen molar-refractivity contribution in [3.05, 3.63) is 71.0 Å². The van der Waals surface area contributed by atoms with Crippen LogP contribution in [0.5, 0.6) is 0 Å². The van der Waals surface area contributed by atoms with E-state index in [9.17, 15) is 9.18 Å². The van der Waals surface area contributed by atoms with E-state index in [1.54, 1.807) is 12.1 Å². The van der Waals surface area contributed by atoms with Crippen molar-refractivity contribution in [3.63, 3.8) is 0 Å². The van der Waals surface area contributed by atoms with Crippen molar-refractivity contribution in [2.45, 2.75) is 19.8 Å². The number of Topliss-reactive ketones (excluding diaryl/α,β-unsaturated/α-hetero) is 1. The maximum Gasteiger partial charge on any atom is 0.166 e. The highest BCUT2D eigenvalue weighted by Gasteiger charge is 2.11. The molecule has 0 amide bonds. The summed E-state index contributed by atoms with van der Waals surface area (Å²) in [7, 11) is 0. The van der Waals surface area contributed by atoms with Crippen LogP contribution in [0.1, 0.15) is 27.9 Å². The van der Waals surface area contributed by atoms with Crippen LogP contribution in [0.4, 0.5) is 4.39 Å². The van der Waals surface area contributed by atoms with Crippen molar-refractivity contribution in [1.29, 1.82) is 0 Å². The lowest BCUT2D eigenvalue weighted by atomic mass is 9.99. The van der Waals surface area contributed by atoms with Crippen LogP contribution in [-0.2, 0) is 6.42 Å². The molecule has 0 radical (unpaired) electrons. The molecule has 0 unspecified atom stereocenters. The van der Waals surface area contributed by atoms with Crippen LogP contribution in [0, 0.1) is 12.7 Å². The lowest BCUT2D eigenvalue weighted by Crippen LogP contribution is -2.04. The number of carbonyl (C=O) groups excluding carboxylic acids is 1. The van der Waals surface area contributed by atoms with E-state index >= 15 is 0 Å². The Kier molecular flexibility index (Phi) is 3.88. The maximum absolute atomic E-state index is 13.4. The molecule has 1 nitrogen and oxygen atoms in total. The Morgan fingerprint density at radius 1 is 1.06 bits per heavy atom. The van der Waals surface area contributed by atoms with E-state index in [1.807, 2.05) is 31.2 Å². The first-order valence-electron chi connectivity index (χ1n) is 6.00. The van der Waals surface area contributed by atoms with E-state index in [2.05, 4.69) is 0 Å². The van der Waals surface area contributed by atoms with Gasteiger partial charge in [0.2, 0.25) is 0 Å². The van der Waals surface area contributed by atoms with Crippen molar-refractivity contribution in [2.75, 3.05) is 0 Å². The van der Waals surface area contributed by atoms with Gasteiger partial charge in [-0.3, -0.25) is 4.79 Å². The van der Waals surface area contributed by atoms with Gasteiger partial charge >= 0.3 is 0 Å². The second kappa shape index (κ2) is 5.58. The number of hydrogen-bond donors (Lipinski definition) is 0. The summed E-state index contributed by atoms with van der Waals surface area (Å²) in [4.78, 5) is 11.9. The summed E-state index contributed by atoms with van der Waals surface area (Å²) in [5, 5.41) is 0. The van der Waals surface area contributed by atoms with Crippen LogP contribution in [0.15, 0.2) is 48.5 Å². The molecule has 0 heterocycles. The second-order valence-electron chi connectivity index (χ2n) is 4.33. The molecule has 2 rings (SSSR count). The first kappa shape index (κ1) is 12.5. The van der Waals surface area contributed by atoms with Crippen LogP contribution in [-0.4, -0.2) is 5.78 Å². The third-order valence-electron chi connectivity index (χ3n) is 3.06. The van der Waals surface area contributed by atoms with Gasteiger partial charge in [-0.15, -0.1) is 0 Å². The van der Waals surface area contributed by atoms with Crippen LogP contribution in [0.2, 0.25) is 0 Å². The molecule has 0 aliphatic carbocycles. The normalized spacial score (nSPS) is 10.3. The van der Waals surface area contributed by atoms with Gasteiger partial charge in [0.25, 0.3) is 0 Å². The third kappa shape index (κ3) is 2.83. The fourth-order valence-corrected chi connectivity index (χ4v) is 1.96. The van der Waals surface area contributed by atoms with Crippen molar-refractivity contribution in [3.8, 4) is 0 Å². The van der Waals surface area contributed by atoms with Gasteiger partial charge in [-0.2, -0.15) is 0 Å². The SMILES string of the molecule is Cc1ccccc1CCC(=O)c1ccccc1F. The summed E-state index contributed by atoms with van der Waals surface area (Å²) >= 11 is 0. The quantitative estimate of drug-likeness (QED) is 0.742. The fraction of sp³-hybridized carbons (Fsp3) is 0.188. The van der Waals surface area contributed by atoms with Gasteiger partial charge in [-0.1, -0.05) is 36.4 Å². The van der Waals surface area contributed by atoms with Gasteiger partial charge in [0.1, 0.15) is 5.82 Å². The predicted octanol–water partition coefficient (Wildman–Crippen LogP) is 3.95. The minimum Gasteiger partial charge on any atom is -0.294 e. The van der Waals surface area contributed by atoms with E-state index in [1.165, 1.54) is 17.7 Å². The zero-order valence-corrected chi connectivity index (χ0v) is 10.3. The molecule has 0 spiro atoms. The monoisotopic (exact) mass is 242 g/mol. The molecule has 18 heavy (non-hydrogen) atoms. The van der Waals surface area contributed by atoms with E-state index in [0.29, 0.717) is 12.8 Å². The molecular weight excluding hydrogens is 227 g/mol. The van der Waals surface area contributed by atoms with E-state index < -0.39 is 5.82 Å². The standard InChI is InChI=1S/C16H15FO/c1-12-6-2-3-7-13(12)10-11-16(18)14-8-4-5-9-15(14)17/h2-9H,10-11H2,1H3. The molecule has 0 atom stereocenters. The molecule has 0 aliphatic heterocycles. The number of ketones is 1. The lowest BCUT2D eigenvalue weighted by Gasteiger charge is -2.05. The number of rotatable bonds is 4. The van der Waals surface area contributed by atoms with Crippen molar-refractivity contribution in [2.24, 2.45) is 0 Å². The summed E-state index contributed by atoms with van der Waals surface area (Å²) in [6, 6.07) is 14.1. The Morgan fingerprint density at radius 2 is 1.72 bits per heavy atom. The summed E-state index contributed by atoms with van der Waals surface area (Å²) in [6.45, 7) is 2.02. The number of halogens is 1. The maximum atomic E-state index is 13.4. The molecule has 2 aromatic rings. The molecule has 0 N–H and O–H groups in total. The largest absolute Gasteiger partial charge is 0.294 e. The molecular formula is C16H15FO. The lowest BCUT2D eigenvalue weighted by molar-refractivity contribution is 0.0979. The highest BCUT2D eigenvalue weighted by molar-refractivity contribution is 5.96. The third-order valence-corrected chi connectivity index (χ3v) is 3.06. The molecule has 0 aromatic heterocycles. The molecule has 92 valence electrons. The van der Waals surface area contributed by atoms with E-state index in [4.69, 9.17) is 0 Å². The minimum absolute atomic E-state index is 0.142. The molecule has 0 fully saturated rings. The van der Waals surface area contributed by atoms with Crippen LogP contribution < -0.4 is 0 Å². The van der Waals surface area contributed by atoms with Gasteiger partial charge in [-0.25, -0.2) is 4.39 Å². The van der Waals surface area contributed by atoms with E-state index in [-0.39, 0.29) is 11.3 Å². The Morgan fingerprint density at radius 3 is 2.44 bits per heavy atom. The smallest absolute Gasteiger partial charge is 0.166 e. The Labute approximate surface area is 106 Å². The Balaban J connectivity index is 2.06. The van der Waals surface area contributed by atoms with Crippen molar-refractivity contribution in [1.82, 2.24) is 0 Å². The average molecular weight is 242 g/mol. The van der Waals surface area contributed by atoms with Gasteiger partial charge in [0.15, 0.2) is 5.78 Å². The number of aryl methyl sites for hydroxylation is 2. The number of benzene rings is 2. The molecule has 0 aliphatic rings. The highest BCUT2D eigenvalue weighted by Crippen LogP contribution is 2.14. The Bertz CT molecular complexity index is 561. The van der Waals surface area contributed by atoms with Gasteiger partial charge in [0, 0.05) is 6.42 Å². The fourth-order valence-electron chi connectivity index (χ4n) is 1.96. The second-order valence-corrected chi connectivity index (χ2v) is 4.33. The van der Waals surface area contributed by atoms with Crippen molar-refractivity contribution < 1.29 is 9.18 Å². The molecule has 2 heteroatoms. The topological polar surface area (TPSA) is 17.1 Å². The zero-order chi connectivity index (χ0) is 13.0. The highest BCUT2D eigenvalue weighted by atomic mass is 19.1. The van der Waals surface area contributed by atoms with Gasteiger partial charge in [0.05, 0.1) is 5.56 Å². The zero-order valence-electron chi connectivity index (χ0n) is 10.3. The van der Waals surface area contributed by atoms with Crippen LogP contribution in [0.3, 0.4) is 0 Å². The first-order valence-corrected chi connectivity index (χ1v) is 6.00. The molecule has 2 aromatic carbocycles. The first-order chi connectivity index (χ1) is 8.68.